The molecule has 2 aromatic carbocycles. The first-order chi connectivity index (χ1) is 16.9. The number of aromatic nitrogens is 3. The lowest BCUT2D eigenvalue weighted by atomic mass is 9.96. The van der Waals surface area contributed by atoms with Crippen molar-refractivity contribution in [1.29, 1.82) is 0 Å². The maximum Gasteiger partial charge on any atom is 0.302 e. The molecule has 1 fully saturated rings. The number of rotatable bonds is 6. The Balaban J connectivity index is 1.61. The number of aromatic amines is 1. The molecule has 4 aromatic rings. The molecule has 0 saturated carbocycles. The van der Waals surface area contributed by atoms with Crippen LogP contribution in [0.15, 0.2) is 78.6 Å². The Hall–Kier alpha value is -4.46. The zero-order valence-electron chi connectivity index (χ0n) is 19.3. The third kappa shape index (κ3) is 4.14. The fourth-order valence-electron chi connectivity index (χ4n) is 4.09. The van der Waals surface area contributed by atoms with E-state index in [1.807, 2.05) is 24.3 Å². The first-order valence-corrected chi connectivity index (χ1v) is 11.3. The molecule has 1 saturated heterocycles. The van der Waals surface area contributed by atoms with E-state index in [0.29, 0.717) is 34.9 Å². The second kappa shape index (κ2) is 9.06. The summed E-state index contributed by atoms with van der Waals surface area (Å²) in [7, 11) is 0. The van der Waals surface area contributed by atoms with Crippen LogP contribution in [0.2, 0.25) is 0 Å². The van der Waals surface area contributed by atoms with E-state index in [4.69, 9.17) is 4.74 Å². The number of anilines is 1. The molecule has 2 aromatic heterocycles. The zero-order chi connectivity index (χ0) is 24.5. The number of benzene rings is 2. The summed E-state index contributed by atoms with van der Waals surface area (Å²) in [6.45, 7) is 4.68. The van der Waals surface area contributed by atoms with Crippen LogP contribution in [-0.4, -0.2) is 38.4 Å². The number of ketones is 1. The Bertz CT molecular complexity index is 1390. The fourth-order valence-corrected chi connectivity index (χ4v) is 4.09. The van der Waals surface area contributed by atoms with Crippen molar-refractivity contribution in [2.24, 2.45) is 5.92 Å². The van der Waals surface area contributed by atoms with Gasteiger partial charge in [-0.05, 0) is 60.0 Å². The van der Waals surface area contributed by atoms with Crippen LogP contribution in [0.5, 0.6) is 5.75 Å². The number of aliphatic hydroxyl groups excluding tert-OH is 1. The SMILES string of the molecule is CC(C)COc1ccc(/C(O)=C2\C(=O)C(=O)N(c3nc4ccccc4[nH]3)C2c2ccncc2)cc1. The number of amides is 1. The minimum absolute atomic E-state index is 0.0162. The van der Waals surface area contributed by atoms with Gasteiger partial charge in [0.25, 0.3) is 5.78 Å². The highest BCUT2D eigenvalue weighted by Gasteiger charge is 2.48. The molecule has 0 aliphatic carbocycles. The number of hydrogen-bond donors (Lipinski definition) is 2. The summed E-state index contributed by atoms with van der Waals surface area (Å²) in [5.74, 6) is -0.568. The number of fused-ring (bicyclic) bond motifs is 1. The first kappa shape index (κ1) is 22.3. The van der Waals surface area contributed by atoms with Crippen LogP contribution >= 0.6 is 0 Å². The third-order valence-electron chi connectivity index (χ3n) is 5.78. The maximum atomic E-state index is 13.3. The van der Waals surface area contributed by atoms with Gasteiger partial charge in [-0.2, -0.15) is 0 Å². The molecule has 0 radical (unpaired) electrons. The first-order valence-electron chi connectivity index (χ1n) is 11.3. The van der Waals surface area contributed by atoms with Crippen molar-refractivity contribution in [3.63, 3.8) is 0 Å². The fraction of sp³-hybridized carbons (Fsp3) is 0.185. The molecule has 8 nitrogen and oxygen atoms in total. The van der Waals surface area contributed by atoms with Crippen molar-refractivity contribution in [3.8, 4) is 5.75 Å². The molecule has 1 unspecified atom stereocenters. The number of Topliss-reactive ketones (excluding diaryl/α,β-unsaturated/α-hetero) is 1. The second-order valence-corrected chi connectivity index (χ2v) is 8.76. The average molecular weight is 469 g/mol. The van der Waals surface area contributed by atoms with E-state index in [2.05, 4.69) is 28.8 Å². The topological polar surface area (TPSA) is 108 Å². The van der Waals surface area contributed by atoms with E-state index < -0.39 is 17.7 Å². The summed E-state index contributed by atoms with van der Waals surface area (Å²) in [6, 6.07) is 16.7. The Morgan fingerprint density at radius 1 is 1.06 bits per heavy atom. The van der Waals surface area contributed by atoms with E-state index in [0.717, 1.165) is 5.52 Å². The number of pyridine rings is 1. The zero-order valence-corrected chi connectivity index (χ0v) is 19.3. The number of para-hydroxylation sites is 2. The summed E-state index contributed by atoms with van der Waals surface area (Å²) in [5, 5.41) is 11.2. The smallest absolute Gasteiger partial charge is 0.302 e. The molecule has 1 aliphatic heterocycles. The molecule has 0 spiro atoms. The Kier molecular flexibility index (Phi) is 5.78. The van der Waals surface area contributed by atoms with Gasteiger partial charge in [0.2, 0.25) is 5.95 Å². The molecule has 2 N–H and O–H groups in total. The van der Waals surface area contributed by atoms with Crippen LogP contribution in [-0.2, 0) is 9.59 Å². The van der Waals surface area contributed by atoms with Gasteiger partial charge in [-0.25, -0.2) is 4.98 Å². The highest BCUT2D eigenvalue weighted by Crippen LogP contribution is 2.41. The molecule has 1 aliphatic rings. The number of aliphatic hydroxyl groups is 1. The minimum atomic E-state index is -0.879. The standard InChI is InChI=1S/C27H24N4O4/c1-16(2)15-35-19-9-7-18(8-10-19)24(32)22-23(17-11-13-28-14-12-17)31(26(34)25(22)33)27-29-20-5-3-4-6-21(20)30-27/h3-14,16,23,32H,15H2,1-2H3,(H,29,30)/b24-22+. The number of ether oxygens (including phenoxy) is 1. The Morgan fingerprint density at radius 2 is 1.77 bits per heavy atom. The van der Waals surface area contributed by atoms with Gasteiger partial charge in [-0.15, -0.1) is 0 Å². The van der Waals surface area contributed by atoms with Gasteiger partial charge >= 0.3 is 5.91 Å². The molecule has 35 heavy (non-hydrogen) atoms. The van der Waals surface area contributed by atoms with Gasteiger partial charge in [0, 0.05) is 18.0 Å². The minimum Gasteiger partial charge on any atom is -0.507 e. The van der Waals surface area contributed by atoms with E-state index in [1.54, 1.807) is 48.8 Å². The molecular weight excluding hydrogens is 444 g/mol. The number of imidazole rings is 1. The lowest BCUT2D eigenvalue weighted by molar-refractivity contribution is -0.132. The van der Waals surface area contributed by atoms with Gasteiger partial charge in [-0.3, -0.25) is 19.5 Å². The monoisotopic (exact) mass is 468 g/mol. The van der Waals surface area contributed by atoms with Gasteiger partial charge in [0.1, 0.15) is 11.5 Å². The van der Waals surface area contributed by atoms with Crippen molar-refractivity contribution in [2.75, 3.05) is 11.5 Å². The van der Waals surface area contributed by atoms with Crippen molar-refractivity contribution < 1.29 is 19.4 Å². The number of carbonyl (C=O) groups excluding carboxylic acids is 2. The summed E-state index contributed by atoms with van der Waals surface area (Å²) < 4.78 is 5.71. The van der Waals surface area contributed by atoms with E-state index >= 15 is 0 Å². The highest BCUT2D eigenvalue weighted by molar-refractivity contribution is 6.51. The number of hydrogen-bond acceptors (Lipinski definition) is 6. The summed E-state index contributed by atoms with van der Waals surface area (Å²) in [6.07, 6.45) is 3.16. The van der Waals surface area contributed by atoms with E-state index in [1.165, 1.54) is 4.90 Å². The van der Waals surface area contributed by atoms with E-state index in [-0.39, 0.29) is 17.3 Å². The molecule has 1 amide bonds. The average Bonchev–Trinajstić information content (AvgIpc) is 3.41. The lowest BCUT2D eigenvalue weighted by Gasteiger charge is -2.22. The number of carbonyl (C=O) groups is 2. The molecule has 5 rings (SSSR count). The van der Waals surface area contributed by atoms with Crippen LogP contribution in [0.1, 0.15) is 31.0 Å². The third-order valence-corrected chi connectivity index (χ3v) is 5.78. The van der Waals surface area contributed by atoms with Gasteiger partial charge in [0.15, 0.2) is 0 Å². The predicted molar refractivity (Wildman–Crippen MR) is 132 cm³/mol. The normalized spacial score (nSPS) is 17.5. The van der Waals surface area contributed by atoms with Crippen LogP contribution in [0.4, 0.5) is 5.95 Å². The summed E-state index contributed by atoms with van der Waals surface area (Å²) in [5.41, 5.74) is 2.41. The quantitative estimate of drug-likeness (QED) is 0.243. The van der Waals surface area contributed by atoms with Crippen LogP contribution in [0, 0.1) is 5.92 Å². The number of nitrogens with one attached hydrogen (secondary N) is 1. The van der Waals surface area contributed by atoms with Crippen LogP contribution < -0.4 is 9.64 Å². The number of H-pyrrole nitrogens is 1. The van der Waals surface area contributed by atoms with Gasteiger partial charge < -0.3 is 14.8 Å². The van der Waals surface area contributed by atoms with Crippen molar-refractivity contribution >= 4 is 34.4 Å². The van der Waals surface area contributed by atoms with Gasteiger partial charge in [-0.1, -0.05) is 26.0 Å². The Labute approximate surface area is 201 Å². The van der Waals surface area contributed by atoms with Crippen molar-refractivity contribution in [2.45, 2.75) is 19.9 Å². The molecule has 8 heteroatoms. The van der Waals surface area contributed by atoms with E-state index in [9.17, 15) is 14.7 Å². The van der Waals surface area contributed by atoms with Gasteiger partial charge in [0.05, 0.1) is 29.3 Å². The highest BCUT2D eigenvalue weighted by atomic mass is 16.5. The molecular formula is C27H24N4O4. The summed E-state index contributed by atoms with van der Waals surface area (Å²) in [4.78, 5) is 39.5. The van der Waals surface area contributed by atoms with Crippen molar-refractivity contribution in [1.82, 2.24) is 15.0 Å². The maximum absolute atomic E-state index is 13.3. The number of nitrogens with zero attached hydrogens (tertiary/aromatic N) is 3. The molecule has 3 heterocycles. The predicted octanol–water partition coefficient (Wildman–Crippen LogP) is 4.62. The lowest BCUT2D eigenvalue weighted by Crippen LogP contribution is -2.30. The van der Waals surface area contributed by atoms with Crippen molar-refractivity contribution in [3.05, 3.63) is 89.8 Å². The van der Waals surface area contributed by atoms with Crippen LogP contribution in [0.25, 0.3) is 16.8 Å². The van der Waals surface area contributed by atoms with Crippen LogP contribution in [0.3, 0.4) is 0 Å². The summed E-state index contributed by atoms with van der Waals surface area (Å²) >= 11 is 0. The largest absolute Gasteiger partial charge is 0.507 e. The molecule has 0 bridgehead atoms. The second-order valence-electron chi connectivity index (χ2n) is 8.76. The molecule has 1 atom stereocenters. The molecule has 176 valence electrons. The Morgan fingerprint density at radius 3 is 2.46 bits per heavy atom.